The summed E-state index contributed by atoms with van der Waals surface area (Å²) in [5.74, 6) is 0.562. The van der Waals surface area contributed by atoms with Gasteiger partial charge in [-0.25, -0.2) is 4.98 Å². The molecule has 2 rings (SSSR count). The lowest BCUT2D eigenvalue weighted by Gasteiger charge is -2.19. The highest BCUT2D eigenvalue weighted by atomic mass is 16.3. The molecule has 60 valence electrons. The van der Waals surface area contributed by atoms with E-state index in [1.54, 1.807) is 6.20 Å². The summed E-state index contributed by atoms with van der Waals surface area (Å²) in [5, 5.41) is 9.28. The van der Waals surface area contributed by atoms with Crippen LogP contribution in [0.5, 0.6) is 0 Å². The molecule has 1 aromatic heterocycles. The molecule has 1 aliphatic heterocycles. The molecule has 0 fully saturated rings. The maximum Gasteiger partial charge on any atom is 0.200 e. The summed E-state index contributed by atoms with van der Waals surface area (Å²) >= 11 is 0. The molecule has 4 nitrogen and oxygen atoms in total. The van der Waals surface area contributed by atoms with Crippen molar-refractivity contribution in [2.75, 3.05) is 5.73 Å². The predicted molar refractivity (Wildman–Crippen MR) is 41.0 cm³/mol. The van der Waals surface area contributed by atoms with E-state index in [1.165, 1.54) is 0 Å². The average Bonchev–Trinajstić information content (AvgIpc) is 2.32. The molecule has 0 bridgehead atoms. The molecule has 1 aromatic rings. The molecule has 0 radical (unpaired) electrons. The van der Waals surface area contributed by atoms with Crippen molar-refractivity contribution >= 4 is 5.95 Å². The Balaban J connectivity index is 2.36. The van der Waals surface area contributed by atoms with Gasteiger partial charge in [0.05, 0.1) is 12.3 Å². The van der Waals surface area contributed by atoms with Gasteiger partial charge in [-0.05, 0) is 6.42 Å². The van der Waals surface area contributed by atoms with E-state index in [4.69, 9.17) is 5.73 Å². The van der Waals surface area contributed by atoms with Gasteiger partial charge < -0.3 is 15.4 Å². The van der Waals surface area contributed by atoms with Crippen molar-refractivity contribution in [3.05, 3.63) is 11.9 Å². The van der Waals surface area contributed by atoms with Gasteiger partial charge in [-0.15, -0.1) is 0 Å². The molecule has 3 N–H and O–H groups in total. The van der Waals surface area contributed by atoms with Crippen molar-refractivity contribution in [1.29, 1.82) is 0 Å². The largest absolute Gasteiger partial charge is 0.393 e. The Kier molecular flexibility index (Phi) is 1.35. The second-order valence-electron chi connectivity index (χ2n) is 2.91. The van der Waals surface area contributed by atoms with Gasteiger partial charge in [-0.1, -0.05) is 0 Å². The van der Waals surface area contributed by atoms with Crippen LogP contribution in [0, 0.1) is 0 Å². The second-order valence-corrected chi connectivity index (χ2v) is 2.91. The maximum absolute atomic E-state index is 9.28. The standard InChI is InChI=1S/C7H11N3O/c8-7-9-4-5-3-6(11)1-2-10(5)7/h4,6,11H,1-3H2,(H2,8,9). The normalized spacial score (nSPS) is 23.2. The number of nitrogens with two attached hydrogens (primary N) is 1. The van der Waals surface area contributed by atoms with Gasteiger partial charge in [-0.2, -0.15) is 0 Å². The molecule has 4 heteroatoms. The number of aliphatic hydroxyl groups is 1. The van der Waals surface area contributed by atoms with Gasteiger partial charge in [0.25, 0.3) is 0 Å². The zero-order valence-electron chi connectivity index (χ0n) is 6.20. The summed E-state index contributed by atoms with van der Waals surface area (Å²) in [4.78, 5) is 3.96. The molecule has 1 aliphatic rings. The van der Waals surface area contributed by atoms with E-state index in [-0.39, 0.29) is 6.10 Å². The number of hydrogen-bond donors (Lipinski definition) is 2. The molecule has 2 heterocycles. The topological polar surface area (TPSA) is 64.1 Å². The van der Waals surface area contributed by atoms with Crippen LogP contribution in [0.4, 0.5) is 5.95 Å². The van der Waals surface area contributed by atoms with Crippen LogP contribution in [0.15, 0.2) is 6.20 Å². The molecule has 0 spiro atoms. The van der Waals surface area contributed by atoms with E-state index < -0.39 is 0 Å². The van der Waals surface area contributed by atoms with E-state index >= 15 is 0 Å². The minimum absolute atomic E-state index is 0.210. The summed E-state index contributed by atoms with van der Waals surface area (Å²) in [5.41, 5.74) is 6.62. The molecule has 1 unspecified atom stereocenters. The van der Waals surface area contributed by atoms with Crippen molar-refractivity contribution < 1.29 is 5.11 Å². The number of anilines is 1. The van der Waals surface area contributed by atoms with Gasteiger partial charge in [0.1, 0.15) is 0 Å². The van der Waals surface area contributed by atoms with E-state index in [9.17, 15) is 5.11 Å². The lowest BCUT2D eigenvalue weighted by Crippen LogP contribution is -2.23. The number of rotatable bonds is 0. The highest BCUT2D eigenvalue weighted by molar-refractivity contribution is 5.24. The van der Waals surface area contributed by atoms with Crippen molar-refractivity contribution in [2.24, 2.45) is 0 Å². The minimum Gasteiger partial charge on any atom is -0.393 e. The van der Waals surface area contributed by atoms with Crippen LogP contribution in [0.2, 0.25) is 0 Å². The van der Waals surface area contributed by atoms with Crippen LogP contribution in [0.25, 0.3) is 0 Å². The Hall–Kier alpha value is -1.03. The first-order chi connectivity index (χ1) is 5.27. The average molecular weight is 153 g/mol. The lowest BCUT2D eigenvalue weighted by atomic mass is 10.1. The van der Waals surface area contributed by atoms with Crippen LogP contribution in [0.1, 0.15) is 12.1 Å². The molecule has 0 saturated heterocycles. The Morgan fingerprint density at radius 3 is 3.36 bits per heavy atom. The Morgan fingerprint density at radius 1 is 1.73 bits per heavy atom. The zero-order chi connectivity index (χ0) is 7.84. The lowest BCUT2D eigenvalue weighted by molar-refractivity contribution is 0.144. The van der Waals surface area contributed by atoms with Gasteiger partial charge in [0, 0.05) is 18.7 Å². The van der Waals surface area contributed by atoms with Crippen molar-refractivity contribution in [1.82, 2.24) is 9.55 Å². The Morgan fingerprint density at radius 2 is 2.55 bits per heavy atom. The number of nitrogen functional groups attached to an aromatic ring is 1. The fraction of sp³-hybridized carbons (Fsp3) is 0.571. The highest BCUT2D eigenvalue weighted by Gasteiger charge is 2.17. The van der Waals surface area contributed by atoms with Crippen LogP contribution >= 0.6 is 0 Å². The quantitative estimate of drug-likeness (QED) is 0.541. The molecule has 0 aliphatic carbocycles. The fourth-order valence-corrected chi connectivity index (χ4v) is 1.47. The van der Waals surface area contributed by atoms with Gasteiger partial charge in [0.2, 0.25) is 0 Å². The molecule has 0 aromatic carbocycles. The SMILES string of the molecule is Nc1ncc2n1CCC(O)C2. The van der Waals surface area contributed by atoms with Crippen LogP contribution < -0.4 is 5.73 Å². The van der Waals surface area contributed by atoms with Crippen LogP contribution in [-0.2, 0) is 13.0 Å². The number of aromatic nitrogens is 2. The Labute approximate surface area is 64.7 Å². The third-order valence-electron chi connectivity index (χ3n) is 2.10. The Bertz CT molecular complexity index is 269. The van der Waals surface area contributed by atoms with E-state index in [0.29, 0.717) is 12.4 Å². The van der Waals surface area contributed by atoms with Gasteiger partial charge >= 0.3 is 0 Å². The first kappa shape index (κ1) is 6.67. The number of imidazole rings is 1. The number of fused-ring (bicyclic) bond motifs is 1. The fourth-order valence-electron chi connectivity index (χ4n) is 1.47. The summed E-state index contributed by atoms with van der Waals surface area (Å²) < 4.78 is 1.95. The second kappa shape index (κ2) is 2.23. The van der Waals surface area contributed by atoms with Crippen LogP contribution in [0.3, 0.4) is 0 Å². The molecular weight excluding hydrogens is 142 g/mol. The summed E-state index contributed by atoms with van der Waals surface area (Å²) in [6.07, 6.45) is 2.99. The van der Waals surface area contributed by atoms with Crippen molar-refractivity contribution in [3.8, 4) is 0 Å². The molecule has 1 atom stereocenters. The number of hydrogen-bond acceptors (Lipinski definition) is 3. The molecule has 0 saturated carbocycles. The smallest absolute Gasteiger partial charge is 0.200 e. The van der Waals surface area contributed by atoms with Crippen molar-refractivity contribution in [2.45, 2.75) is 25.5 Å². The monoisotopic (exact) mass is 153 g/mol. The van der Waals surface area contributed by atoms with Crippen LogP contribution in [-0.4, -0.2) is 20.8 Å². The van der Waals surface area contributed by atoms with Gasteiger partial charge in [-0.3, -0.25) is 0 Å². The van der Waals surface area contributed by atoms with E-state index in [2.05, 4.69) is 4.98 Å². The zero-order valence-corrected chi connectivity index (χ0v) is 6.20. The minimum atomic E-state index is -0.210. The summed E-state index contributed by atoms with van der Waals surface area (Å²) in [7, 11) is 0. The number of nitrogens with zero attached hydrogens (tertiary/aromatic N) is 2. The van der Waals surface area contributed by atoms with E-state index in [1.807, 2.05) is 4.57 Å². The first-order valence-corrected chi connectivity index (χ1v) is 3.75. The van der Waals surface area contributed by atoms with Gasteiger partial charge in [0.15, 0.2) is 5.95 Å². The predicted octanol–water partition coefficient (Wildman–Crippen LogP) is -0.228. The van der Waals surface area contributed by atoms with E-state index in [0.717, 1.165) is 18.7 Å². The first-order valence-electron chi connectivity index (χ1n) is 3.75. The molecule has 11 heavy (non-hydrogen) atoms. The summed E-state index contributed by atoms with van der Waals surface area (Å²) in [6, 6.07) is 0. The molecule has 0 amide bonds. The third kappa shape index (κ3) is 0.991. The summed E-state index contributed by atoms with van der Waals surface area (Å²) in [6.45, 7) is 0.794. The maximum atomic E-state index is 9.28. The highest BCUT2D eigenvalue weighted by Crippen LogP contribution is 2.17. The number of aliphatic hydroxyl groups excluding tert-OH is 1. The molecular formula is C7H11N3O. The van der Waals surface area contributed by atoms with Crippen molar-refractivity contribution in [3.63, 3.8) is 0 Å². The third-order valence-corrected chi connectivity index (χ3v) is 2.10.